The van der Waals surface area contributed by atoms with Crippen molar-refractivity contribution >= 4 is 0 Å². The minimum atomic E-state index is 0.640. The first-order chi connectivity index (χ1) is 8.15. The highest BCUT2D eigenvalue weighted by molar-refractivity contribution is 5.29. The van der Waals surface area contributed by atoms with Crippen LogP contribution < -0.4 is 5.32 Å². The minimum absolute atomic E-state index is 0.640. The summed E-state index contributed by atoms with van der Waals surface area (Å²) in [6, 6.07) is 7.53. The van der Waals surface area contributed by atoms with Crippen molar-refractivity contribution in [1.29, 1.82) is 0 Å². The SMILES string of the molecule is CCCNC(CCC)Cc1cc(C)cc(C)c1. The summed E-state index contributed by atoms with van der Waals surface area (Å²) in [7, 11) is 0. The third-order valence-corrected chi connectivity index (χ3v) is 3.08. The highest BCUT2D eigenvalue weighted by Gasteiger charge is 2.08. The van der Waals surface area contributed by atoms with Crippen molar-refractivity contribution in [3.8, 4) is 0 Å². The van der Waals surface area contributed by atoms with Crippen LogP contribution in [-0.4, -0.2) is 12.6 Å². The summed E-state index contributed by atoms with van der Waals surface area (Å²) in [4.78, 5) is 0. The van der Waals surface area contributed by atoms with Gasteiger partial charge in [0.25, 0.3) is 0 Å². The summed E-state index contributed by atoms with van der Waals surface area (Å²) < 4.78 is 0. The van der Waals surface area contributed by atoms with Gasteiger partial charge < -0.3 is 5.32 Å². The summed E-state index contributed by atoms with van der Waals surface area (Å²) in [5.41, 5.74) is 4.24. The first-order valence-electron chi connectivity index (χ1n) is 6.96. The molecule has 1 N–H and O–H groups in total. The molecule has 0 heterocycles. The largest absolute Gasteiger partial charge is 0.314 e. The maximum Gasteiger partial charge on any atom is 0.0107 e. The summed E-state index contributed by atoms with van der Waals surface area (Å²) in [6.07, 6.45) is 4.91. The van der Waals surface area contributed by atoms with Crippen molar-refractivity contribution in [2.75, 3.05) is 6.54 Å². The molecule has 1 aromatic rings. The Bertz CT molecular complexity index is 310. The molecule has 0 bridgehead atoms. The van der Waals surface area contributed by atoms with E-state index >= 15 is 0 Å². The van der Waals surface area contributed by atoms with Crippen LogP contribution in [0.15, 0.2) is 18.2 Å². The first kappa shape index (κ1) is 14.2. The predicted molar refractivity (Wildman–Crippen MR) is 76.6 cm³/mol. The number of hydrogen-bond donors (Lipinski definition) is 1. The molecule has 96 valence electrons. The van der Waals surface area contributed by atoms with E-state index in [-0.39, 0.29) is 0 Å². The van der Waals surface area contributed by atoms with Gasteiger partial charge in [0.2, 0.25) is 0 Å². The molecule has 1 heteroatoms. The Hall–Kier alpha value is -0.820. The third-order valence-electron chi connectivity index (χ3n) is 3.08. The second-order valence-electron chi connectivity index (χ2n) is 5.14. The molecule has 1 nitrogen and oxygen atoms in total. The van der Waals surface area contributed by atoms with Gasteiger partial charge in [-0.3, -0.25) is 0 Å². The monoisotopic (exact) mass is 233 g/mol. The Morgan fingerprint density at radius 2 is 1.65 bits per heavy atom. The van der Waals surface area contributed by atoms with Gasteiger partial charge in [0, 0.05) is 6.04 Å². The lowest BCUT2D eigenvalue weighted by atomic mass is 9.98. The van der Waals surface area contributed by atoms with Crippen molar-refractivity contribution in [3.63, 3.8) is 0 Å². The lowest BCUT2D eigenvalue weighted by Gasteiger charge is -2.18. The molecular formula is C16H27N. The van der Waals surface area contributed by atoms with E-state index in [9.17, 15) is 0 Å². The Labute approximate surface area is 107 Å². The van der Waals surface area contributed by atoms with Crippen molar-refractivity contribution in [2.45, 2.75) is 59.4 Å². The number of nitrogens with one attached hydrogen (secondary N) is 1. The molecule has 1 unspecified atom stereocenters. The molecule has 1 rings (SSSR count). The maximum absolute atomic E-state index is 3.66. The Kier molecular flexibility index (Phi) is 6.28. The second-order valence-corrected chi connectivity index (χ2v) is 5.14. The molecule has 0 aromatic heterocycles. The lowest BCUT2D eigenvalue weighted by molar-refractivity contribution is 0.473. The van der Waals surface area contributed by atoms with Crippen LogP contribution in [0.2, 0.25) is 0 Å². The standard InChI is InChI=1S/C16H27N/c1-5-7-16(17-8-6-2)12-15-10-13(3)9-14(4)11-15/h9-11,16-17H,5-8,12H2,1-4H3. The average molecular weight is 233 g/mol. The molecule has 0 radical (unpaired) electrons. The van der Waals surface area contributed by atoms with E-state index in [0.717, 1.165) is 13.0 Å². The first-order valence-corrected chi connectivity index (χ1v) is 6.96. The molecule has 1 aromatic carbocycles. The molecule has 0 aliphatic carbocycles. The minimum Gasteiger partial charge on any atom is -0.314 e. The van der Waals surface area contributed by atoms with Gasteiger partial charge in [-0.15, -0.1) is 0 Å². The van der Waals surface area contributed by atoms with E-state index in [2.05, 4.69) is 51.2 Å². The van der Waals surface area contributed by atoms with Gasteiger partial charge in [-0.05, 0) is 45.2 Å². The number of benzene rings is 1. The Balaban J connectivity index is 2.63. The summed E-state index contributed by atoms with van der Waals surface area (Å²) in [6.45, 7) is 10.0. The van der Waals surface area contributed by atoms with Crippen LogP contribution in [0.25, 0.3) is 0 Å². The molecule has 0 aliphatic heterocycles. The fraction of sp³-hybridized carbons (Fsp3) is 0.625. The fourth-order valence-corrected chi connectivity index (χ4v) is 2.44. The fourth-order valence-electron chi connectivity index (χ4n) is 2.44. The zero-order chi connectivity index (χ0) is 12.7. The second kappa shape index (κ2) is 7.50. The van der Waals surface area contributed by atoms with E-state index in [0.29, 0.717) is 6.04 Å². The molecule has 0 saturated heterocycles. The van der Waals surface area contributed by atoms with Crippen molar-refractivity contribution < 1.29 is 0 Å². The zero-order valence-electron chi connectivity index (χ0n) is 11.8. The van der Waals surface area contributed by atoms with E-state index in [4.69, 9.17) is 0 Å². The quantitative estimate of drug-likeness (QED) is 0.750. The van der Waals surface area contributed by atoms with Crippen LogP contribution in [-0.2, 0) is 6.42 Å². The molecule has 0 aliphatic rings. The number of aryl methyl sites for hydroxylation is 2. The average Bonchev–Trinajstić information content (AvgIpc) is 2.24. The molecule has 17 heavy (non-hydrogen) atoms. The van der Waals surface area contributed by atoms with E-state index in [1.807, 2.05) is 0 Å². The summed E-state index contributed by atoms with van der Waals surface area (Å²) >= 11 is 0. The van der Waals surface area contributed by atoms with Gasteiger partial charge in [-0.25, -0.2) is 0 Å². The third kappa shape index (κ3) is 5.36. The van der Waals surface area contributed by atoms with Gasteiger partial charge >= 0.3 is 0 Å². The van der Waals surface area contributed by atoms with Gasteiger partial charge in [0.1, 0.15) is 0 Å². The van der Waals surface area contributed by atoms with Crippen LogP contribution >= 0.6 is 0 Å². The normalized spacial score (nSPS) is 12.7. The van der Waals surface area contributed by atoms with E-state index < -0.39 is 0 Å². The molecule has 0 amide bonds. The summed E-state index contributed by atoms with van der Waals surface area (Å²) in [5, 5.41) is 3.66. The number of rotatable bonds is 7. The van der Waals surface area contributed by atoms with Crippen LogP contribution in [0.4, 0.5) is 0 Å². The Morgan fingerprint density at radius 1 is 1.00 bits per heavy atom. The smallest absolute Gasteiger partial charge is 0.0107 e. The molecule has 0 fully saturated rings. The Morgan fingerprint density at radius 3 is 2.18 bits per heavy atom. The molecule has 1 atom stereocenters. The van der Waals surface area contributed by atoms with Gasteiger partial charge in [-0.1, -0.05) is 49.6 Å². The molecule has 0 saturated carbocycles. The highest BCUT2D eigenvalue weighted by atomic mass is 14.9. The van der Waals surface area contributed by atoms with Crippen molar-refractivity contribution in [2.24, 2.45) is 0 Å². The van der Waals surface area contributed by atoms with Crippen molar-refractivity contribution in [3.05, 3.63) is 34.9 Å². The van der Waals surface area contributed by atoms with Gasteiger partial charge in [-0.2, -0.15) is 0 Å². The topological polar surface area (TPSA) is 12.0 Å². The van der Waals surface area contributed by atoms with Gasteiger partial charge in [0.05, 0.1) is 0 Å². The van der Waals surface area contributed by atoms with Crippen molar-refractivity contribution in [1.82, 2.24) is 5.32 Å². The highest BCUT2D eigenvalue weighted by Crippen LogP contribution is 2.13. The predicted octanol–water partition coefficient (Wildman–Crippen LogP) is 4.01. The number of hydrogen-bond acceptors (Lipinski definition) is 1. The van der Waals surface area contributed by atoms with E-state index in [1.165, 1.54) is 36.0 Å². The molecule has 0 spiro atoms. The van der Waals surface area contributed by atoms with Crippen LogP contribution in [0.5, 0.6) is 0 Å². The van der Waals surface area contributed by atoms with Gasteiger partial charge in [0.15, 0.2) is 0 Å². The van der Waals surface area contributed by atoms with Crippen LogP contribution in [0.3, 0.4) is 0 Å². The molecular weight excluding hydrogens is 206 g/mol. The van der Waals surface area contributed by atoms with Crippen LogP contribution in [0.1, 0.15) is 49.8 Å². The zero-order valence-corrected chi connectivity index (χ0v) is 11.8. The summed E-state index contributed by atoms with van der Waals surface area (Å²) in [5.74, 6) is 0. The van der Waals surface area contributed by atoms with Crippen LogP contribution in [0, 0.1) is 13.8 Å². The van der Waals surface area contributed by atoms with E-state index in [1.54, 1.807) is 0 Å². The lowest BCUT2D eigenvalue weighted by Crippen LogP contribution is -2.31. The maximum atomic E-state index is 3.66.